The fraction of sp³-hybridized carbons (Fsp3) is 0.250. The second-order valence-corrected chi connectivity index (χ2v) is 3.14. The van der Waals surface area contributed by atoms with Gasteiger partial charge in [-0.3, -0.25) is 4.79 Å². The van der Waals surface area contributed by atoms with E-state index < -0.39 is 0 Å². The lowest BCUT2D eigenvalue weighted by Crippen LogP contribution is -2.24. The first-order chi connectivity index (χ1) is 5.52. The van der Waals surface area contributed by atoms with E-state index >= 15 is 0 Å². The van der Waals surface area contributed by atoms with Crippen molar-refractivity contribution in [3.63, 3.8) is 0 Å². The molecule has 0 aliphatic carbocycles. The van der Waals surface area contributed by atoms with E-state index in [1.165, 1.54) is 0 Å². The summed E-state index contributed by atoms with van der Waals surface area (Å²) in [6.07, 6.45) is 0. The monoisotopic (exact) mass is 182 g/mol. The third kappa shape index (κ3) is 1.53. The van der Waals surface area contributed by atoms with Gasteiger partial charge in [-0.2, -0.15) is 0 Å². The van der Waals surface area contributed by atoms with Gasteiger partial charge >= 0.3 is 0 Å². The van der Waals surface area contributed by atoms with E-state index in [0.29, 0.717) is 5.56 Å². The lowest BCUT2D eigenvalue weighted by atomic mass is 10.1. The molecular weight excluding hydrogens is 172 g/mol. The summed E-state index contributed by atoms with van der Waals surface area (Å²) in [7, 11) is 0. The molecule has 12 heavy (non-hydrogen) atoms. The number of rotatable bonds is 1. The average molecular weight is 182 g/mol. The van der Waals surface area contributed by atoms with Crippen LogP contribution in [-0.4, -0.2) is 9.97 Å². The van der Waals surface area contributed by atoms with Crippen LogP contribution < -0.4 is 11.3 Å². The van der Waals surface area contributed by atoms with Crippen molar-refractivity contribution in [2.45, 2.75) is 13.8 Å². The summed E-state index contributed by atoms with van der Waals surface area (Å²) in [6, 6.07) is 1.84. The molecule has 0 unspecified atom stereocenters. The van der Waals surface area contributed by atoms with Gasteiger partial charge in [-0.25, -0.2) is 0 Å². The lowest BCUT2D eigenvalue weighted by Gasteiger charge is -2.02. The Hall–Kier alpha value is -1.16. The first-order valence-electron chi connectivity index (χ1n) is 3.52. The number of aromatic amines is 1. The molecule has 0 saturated heterocycles. The molecule has 0 fully saturated rings. The third-order valence-electron chi connectivity index (χ3n) is 1.61. The quantitative estimate of drug-likeness (QED) is 0.626. The van der Waals surface area contributed by atoms with Crippen LogP contribution >= 0.6 is 12.2 Å². The molecule has 0 atom stereocenters. The number of pyridine rings is 1. The van der Waals surface area contributed by atoms with Gasteiger partial charge in [0.15, 0.2) is 0 Å². The van der Waals surface area contributed by atoms with E-state index in [1.807, 2.05) is 19.9 Å². The van der Waals surface area contributed by atoms with Gasteiger partial charge in [0, 0.05) is 5.69 Å². The zero-order valence-corrected chi connectivity index (χ0v) is 7.79. The fourth-order valence-corrected chi connectivity index (χ4v) is 1.41. The summed E-state index contributed by atoms with van der Waals surface area (Å²) in [5.74, 6) is 0. The number of aryl methyl sites for hydroxylation is 2. The van der Waals surface area contributed by atoms with Crippen LogP contribution in [0.4, 0.5) is 0 Å². The van der Waals surface area contributed by atoms with Crippen LogP contribution in [0.5, 0.6) is 0 Å². The normalized spacial score (nSPS) is 9.83. The van der Waals surface area contributed by atoms with Gasteiger partial charge in [-0.1, -0.05) is 12.2 Å². The number of thiocarbonyl (C=S) groups is 1. The molecule has 0 aromatic carbocycles. The smallest absolute Gasteiger partial charge is 0.258 e. The Morgan fingerprint density at radius 3 is 2.58 bits per heavy atom. The maximum Gasteiger partial charge on any atom is 0.258 e. The first-order valence-corrected chi connectivity index (χ1v) is 3.93. The topological polar surface area (TPSA) is 58.9 Å². The van der Waals surface area contributed by atoms with E-state index in [2.05, 4.69) is 4.98 Å². The van der Waals surface area contributed by atoms with Crippen molar-refractivity contribution in [2.75, 3.05) is 0 Å². The van der Waals surface area contributed by atoms with Crippen LogP contribution in [0.15, 0.2) is 10.9 Å². The fourth-order valence-electron chi connectivity index (χ4n) is 1.16. The maximum atomic E-state index is 11.3. The van der Waals surface area contributed by atoms with Crippen LogP contribution in [0.1, 0.15) is 16.8 Å². The Kier molecular flexibility index (Phi) is 2.28. The summed E-state index contributed by atoms with van der Waals surface area (Å²) in [6.45, 7) is 3.63. The van der Waals surface area contributed by atoms with Gasteiger partial charge in [0.2, 0.25) is 0 Å². The van der Waals surface area contributed by atoms with E-state index in [1.54, 1.807) is 0 Å². The molecule has 0 radical (unpaired) electrons. The number of nitrogens with one attached hydrogen (secondary N) is 1. The minimum Gasteiger partial charge on any atom is -0.389 e. The van der Waals surface area contributed by atoms with Crippen molar-refractivity contribution in [1.82, 2.24) is 4.98 Å². The highest BCUT2D eigenvalue weighted by Crippen LogP contribution is 2.02. The van der Waals surface area contributed by atoms with Crippen LogP contribution in [0.25, 0.3) is 0 Å². The molecule has 64 valence electrons. The molecule has 1 rings (SSSR count). The van der Waals surface area contributed by atoms with Crippen molar-refractivity contribution >= 4 is 17.2 Å². The highest BCUT2D eigenvalue weighted by atomic mass is 32.1. The Labute approximate surface area is 75.6 Å². The molecule has 1 aromatic rings. The average Bonchev–Trinajstić information content (AvgIpc) is 1.82. The molecule has 0 spiro atoms. The van der Waals surface area contributed by atoms with Gasteiger partial charge in [0.25, 0.3) is 5.56 Å². The number of nitrogens with two attached hydrogens (primary N) is 1. The van der Waals surface area contributed by atoms with Gasteiger partial charge in [0.05, 0.1) is 5.56 Å². The summed E-state index contributed by atoms with van der Waals surface area (Å²) in [4.78, 5) is 14.1. The predicted octanol–water partition coefficient (Wildman–Crippen LogP) is 0.626. The van der Waals surface area contributed by atoms with Crippen molar-refractivity contribution in [1.29, 1.82) is 0 Å². The molecule has 1 heterocycles. The number of H-pyrrole nitrogens is 1. The highest BCUT2D eigenvalue weighted by Gasteiger charge is 2.06. The molecule has 3 N–H and O–H groups in total. The van der Waals surface area contributed by atoms with Crippen molar-refractivity contribution < 1.29 is 0 Å². The van der Waals surface area contributed by atoms with Crippen molar-refractivity contribution in [3.8, 4) is 0 Å². The maximum absolute atomic E-state index is 11.3. The van der Waals surface area contributed by atoms with Gasteiger partial charge < -0.3 is 10.7 Å². The van der Waals surface area contributed by atoms with Crippen molar-refractivity contribution in [2.24, 2.45) is 5.73 Å². The molecule has 0 saturated carbocycles. The molecule has 0 aliphatic rings. The van der Waals surface area contributed by atoms with Gasteiger partial charge in [-0.05, 0) is 25.5 Å². The molecule has 0 bridgehead atoms. The second kappa shape index (κ2) is 3.06. The summed E-state index contributed by atoms with van der Waals surface area (Å²) in [5, 5.41) is 0. The van der Waals surface area contributed by atoms with Crippen LogP contribution in [0.3, 0.4) is 0 Å². The molecular formula is C8H10N2OS. The van der Waals surface area contributed by atoms with Gasteiger partial charge in [-0.15, -0.1) is 0 Å². The molecule has 3 nitrogen and oxygen atoms in total. The highest BCUT2D eigenvalue weighted by molar-refractivity contribution is 7.80. The van der Waals surface area contributed by atoms with E-state index in [9.17, 15) is 4.79 Å². The standard InChI is InChI=1S/C8H10N2OS/c1-4-3-5(2)10-8(11)6(4)7(9)12/h3H,1-2H3,(H2,9,12)(H,10,11). The SMILES string of the molecule is Cc1cc(C)c(C(N)=S)c(=O)[nH]1. The summed E-state index contributed by atoms with van der Waals surface area (Å²) >= 11 is 4.74. The molecule has 4 heteroatoms. The third-order valence-corrected chi connectivity index (χ3v) is 1.82. The number of hydrogen-bond acceptors (Lipinski definition) is 2. The van der Waals surface area contributed by atoms with Gasteiger partial charge in [0.1, 0.15) is 4.99 Å². The lowest BCUT2D eigenvalue weighted by molar-refractivity contribution is 1.11. The second-order valence-electron chi connectivity index (χ2n) is 2.70. The number of aromatic nitrogens is 1. The Bertz CT molecular complexity index is 381. The minimum atomic E-state index is -0.208. The van der Waals surface area contributed by atoms with Crippen molar-refractivity contribution in [3.05, 3.63) is 33.2 Å². The Balaban J connectivity index is 3.49. The zero-order chi connectivity index (χ0) is 9.30. The van der Waals surface area contributed by atoms with E-state index in [-0.39, 0.29) is 10.5 Å². The van der Waals surface area contributed by atoms with E-state index in [0.717, 1.165) is 11.3 Å². The predicted molar refractivity (Wildman–Crippen MR) is 52.4 cm³/mol. The van der Waals surface area contributed by atoms with E-state index in [4.69, 9.17) is 18.0 Å². The van der Waals surface area contributed by atoms with Crippen LogP contribution in [0, 0.1) is 13.8 Å². The molecule has 0 amide bonds. The van der Waals surface area contributed by atoms with Crippen LogP contribution in [-0.2, 0) is 0 Å². The Morgan fingerprint density at radius 1 is 1.58 bits per heavy atom. The Morgan fingerprint density at radius 2 is 2.17 bits per heavy atom. The summed E-state index contributed by atoms with van der Waals surface area (Å²) < 4.78 is 0. The number of hydrogen-bond donors (Lipinski definition) is 2. The van der Waals surface area contributed by atoms with Crippen LogP contribution in [0.2, 0.25) is 0 Å². The minimum absolute atomic E-state index is 0.147. The summed E-state index contributed by atoms with van der Waals surface area (Å²) in [5.41, 5.74) is 7.22. The first kappa shape index (κ1) is 8.93. The molecule has 0 aliphatic heterocycles. The zero-order valence-electron chi connectivity index (χ0n) is 6.97. The largest absolute Gasteiger partial charge is 0.389 e. The molecule has 1 aromatic heterocycles.